The van der Waals surface area contributed by atoms with E-state index in [-0.39, 0.29) is 5.82 Å². The van der Waals surface area contributed by atoms with Gasteiger partial charge in [0.25, 0.3) is 0 Å². The molecule has 0 aliphatic carbocycles. The Bertz CT molecular complexity index is 929. The van der Waals surface area contributed by atoms with Crippen LogP contribution in [-0.2, 0) is 6.42 Å². The Morgan fingerprint density at radius 3 is 2.79 bits per heavy atom. The number of nitrogens with zero attached hydrogens (tertiary/aromatic N) is 3. The summed E-state index contributed by atoms with van der Waals surface area (Å²) in [5.74, 6) is 0.521. The lowest BCUT2D eigenvalue weighted by atomic mass is 10.1. The van der Waals surface area contributed by atoms with Gasteiger partial charge in [0.2, 0.25) is 5.95 Å². The minimum Gasteiger partial charge on any atom is -0.341 e. The van der Waals surface area contributed by atoms with Crippen LogP contribution in [0.3, 0.4) is 0 Å². The fourth-order valence-electron chi connectivity index (χ4n) is 3.95. The van der Waals surface area contributed by atoms with E-state index in [1.807, 2.05) is 6.92 Å². The van der Waals surface area contributed by atoms with E-state index in [2.05, 4.69) is 45.5 Å². The van der Waals surface area contributed by atoms with Crippen LogP contribution < -0.4 is 10.2 Å². The lowest BCUT2D eigenvalue weighted by Crippen LogP contribution is -2.32. The van der Waals surface area contributed by atoms with E-state index in [9.17, 15) is 4.39 Å². The second-order valence-corrected chi connectivity index (χ2v) is 7.58. The van der Waals surface area contributed by atoms with E-state index in [1.54, 1.807) is 6.07 Å². The third kappa shape index (κ3) is 4.47. The van der Waals surface area contributed by atoms with Gasteiger partial charge < -0.3 is 10.2 Å². The highest BCUT2D eigenvalue weighted by Gasteiger charge is 2.19. The summed E-state index contributed by atoms with van der Waals surface area (Å²) in [6, 6.07) is 15.9. The van der Waals surface area contributed by atoms with Crippen LogP contribution in [0, 0.1) is 12.7 Å². The zero-order valence-corrected chi connectivity index (χ0v) is 16.4. The molecule has 28 heavy (non-hydrogen) atoms. The number of hydrogen-bond donors (Lipinski definition) is 1. The van der Waals surface area contributed by atoms with Crippen LogP contribution in [0.4, 0.5) is 10.3 Å². The molecule has 1 aromatic heterocycles. The first-order valence-corrected chi connectivity index (χ1v) is 10.2. The zero-order valence-electron chi connectivity index (χ0n) is 16.4. The molecular weight excluding hydrogens is 351 g/mol. The summed E-state index contributed by atoms with van der Waals surface area (Å²) >= 11 is 0. The van der Waals surface area contributed by atoms with Crippen LogP contribution in [0.1, 0.15) is 30.5 Å². The van der Waals surface area contributed by atoms with Crippen molar-refractivity contribution in [2.45, 2.75) is 38.6 Å². The number of nitrogens with one attached hydrogen (secondary N) is 1. The number of halogens is 1. The maximum atomic E-state index is 13.5. The van der Waals surface area contributed by atoms with Gasteiger partial charge in [-0.2, -0.15) is 0 Å². The van der Waals surface area contributed by atoms with Crippen molar-refractivity contribution in [3.05, 3.63) is 65.6 Å². The zero-order chi connectivity index (χ0) is 19.3. The maximum absolute atomic E-state index is 13.5. The summed E-state index contributed by atoms with van der Waals surface area (Å²) in [6.07, 6.45) is 4.43. The van der Waals surface area contributed by atoms with Gasteiger partial charge in [-0.1, -0.05) is 30.3 Å². The molecule has 2 heterocycles. The summed E-state index contributed by atoms with van der Waals surface area (Å²) < 4.78 is 13.5. The Balaban J connectivity index is 1.37. The standard InChI is InChI=1S/C23H27FN4/c1-17-21-16-19(24)9-10-22(21)27-23(26-17)28-14-5-8-20(12-15-28)25-13-11-18-6-3-2-4-7-18/h2-4,6-7,9-10,16,20,25H,5,8,11-15H2,1H3. The molecule has 1 N–H and O–H groups in total. The lowest BCUT2D eigenvalue weighted by Gasteiger charge is -2.21. The van der Waals surface area contributed by atoms with Gasteiger partial charge in [0.1, 0.15) is 5.82 Å². The van der Waals surface area contributed by atoms with Gasteiger partial charge in [0.05, 0.1) is 11.2 Å². The van der Waals surface area contributed by atoms with Crippen molar-refractivity contribution >= 4 is 16.9 Å². The molecule has 1 unspecified atom stereocenters. The molecule has 146 valence electrons. The number of benzene rings is 2. The highest BCUT2D eigenvalue weighted by molar-refractivity contribution is 5.81. The van der Waals surface area contributed by atoms with E-state index in [0.717, 1.165) is 61.4 Å². The first-order valence-electron chi connectivity index (χ1n) is 10.2. The van der Waals surface area contributed by atoms with E-state index in [1.165, 1.54) is 24.1 Å². The number of rotatable bonds is 5. The fourth-order valence-corrected chi connectivity index (χ4v) is 3.95. The number of anilines is 1. The van der Waals surface area contributed by atoms with Gasteiger partial charge in [-0.25, -0.2) is 14.4 Å². The topological polar surface area (TPSA) is 41.1 Å². The van der Waals surface area contributed by atoms with E-state index < -0.39 is 0 Å². The first-order chi connectivity index (χ1) is 13.7. The monoisotopic (exact) mass is 378 g/mol. The van der Waals surface area contributed by atoms with Crippen molar-refractivity contribution in [3.63, 3.8) is 0 Å². The molecule has 0 amide bonds. The second-order valence-electron chi connectivity index (χ2n) is 7.58. The Hall–Kier alpha value is -2.53. The SMILES string of the molecule is Cc1nc(N2CCCC(NCCc3ccccc3)CC2)nc2ccc(F)cc12. The molecule has 1 aliphatic rings. The summed E-state index contributed by atoms with van der Waals surface area (Å²) in [5, 5.41) is 4.51. The number of hydrogen-bond acceptors (Lipinski definition) is 4. The van der Waals surface area contributed by atoms with E-state index >= 15 is 0 Å². The molecule has 0 spiro atoms. The van der Waals surface area contributed by atoms with Crippen molar-refractivity contribution in [2.75, 3.05) is 24.5 Å². The van der Waals surface area contributed by atoms with E-state index in [4.69, 9.17) is 4.98 Å². The molecule has 0 bridgehead atoms. The van der Waals surface area contributed by atoms with Crippen molar-refractivity contribution in [3.8, 4) is 0 Å². The first kappa shape index (κ1) is 18.8. The van der Waals surface area contributed by atoms with Gasteiger partial charge in [0, 0.05) is 24.5 Å². The fraction of sp³-hybridized carbons (Fsp3) is 0.391. The van der Waals surface area contributed by atoms with Gasteiger partial charge in [-0.3, -0.25) is 0 Å². The van der Waals surface area contributed by atoms with Gasteiger partial charge in [0.15, 0.2) is 0 Å². The highest BCUT2D eigenvalue weighted by Crippen LogP contribution is 2.22. The highest BCUT2D eigenvalue weighted by atomic mass is 19.1. The summed E-state index contributed by atoms with van der Waals surface area (Å²) in [4.78, 5) is 11.6. The minimum absolute atomic E-state index is 0.244. The smallest absolute Gasteiger partial charge is 0.226 e. The molecule has 5 heteroatoms. The predicted molar refractivity (Wildman–Crippen MR) is 112 cm³/mol. The Morgan fingerprint density at radius 2 is 1.93 bits per heavy atom. The molecule has 2 aromatic carbocycles. The van der Waals surface area contributed by atoms with Crippen molar-refractivity contribution in [1.82, 2.24) is 15.3 Å². The van der Waals surface area contributed by atoms with Gasteiger partial charge >= 0.3 is 0 Å². The molecule has 0 saturated carbocycles. The summed E-state index contributed by atoms with van der Waals surface area (Å²) in [6.45, 7) is 4.84. The van der Waals surface area contributed by atoms with Crippen molar-refractivity contribution < 1.29 is 4.39 Å². The predicted octanol–water partition coefficient (Wildman–Crippen LogP) is 4.27. The molecular formula is C23H27FN4. The molecule has 1 saturated heterocycles. The molecule has 3 aromatic rings. The second kappa shape index (κ2) is 8.65. The van der Waals surface area contributed by atoms with Crippen molar-refractivity contribution in [1.29, 1.82) is 0 Å². The van der Waals surface area contributed by atoms with Gasteiger partial charge in [-0.05, 0) is 62.9 Å². The quantitative estimate of drug-likeness (QED) is 0.720. The minimum atomic E-state index is -0.244. The van der Waals surface area contributed by atoms with Crippen LogP contribution in [0.2, 0.25) is 0 Å². The number of aromatic nitrogens is 2. The van der Waals surface area contributed by atoms with Crippen LogP contribution in [0.15, 0.2) is 48.5 Å². The normalized spacial score (nSPS) is 17.6. The van der Waals surface area contributed by atoms with E-state index in [0.29, 0.717) is 6.04 Å². The Labute approximate surface area is 165 Å². The summed E-state index contributed by atoms with van der Waals surface area (Å²) in [5.41, 5.74) is 3.02. The molecule has 1 aliphatic heterocycles. The average Bonchev–Trinajstić information content (AvgIpc) is 2.95. The van der Waals surface area contributed by atoms with Gasteiger partial charge in [-0.15, -0.1) is 0 Å². The average molecular weight is 378 g/mol. The number of aryl methyl sites for hydroxylation is 1. The summed E-state index contributed by atoms with van der Waals surface area (Å²) in [7, 11) is 0. The van der Waals surface area contributed by atoms with Crippen LogP contribution >= 0.6 is 0 Å². The molecule has 4 nitrogen and oxygen atoms in total. The maximum Gasteiger partial charge on any atom is 0.226 e. The molecule has 1 atom stereocenters. The molecule has 1 fully saturated rings. The number of fused-ring (bicyclic) bond motifs is 1. The molecule has 0 radical (unpaired) electrons. The Kier molecular flexibility index (Phi) is 5.81. The van der Waals surface area contributed by atoms with Crippen molar-refractivity contribution in [2.24, 2.45) is 0 Å². The third-order valence-electron chi connectivity index (χ3n) is 5.54. The molecule has 4 rings (SSSR count). The largest absolute Gasteiger partial charge is 0.341 e. The van der Waals surface area contributed by atoms with Crippen LogP contribution in [-0.4, -0.2) is 35.6 Å². The Morgan fingerprint density at radius 1 is 1.07 bits per heavy atom. The lowest BCUT2D eigenvalue weighted by molar-refractivity contribution is 0.474. The van der Waals surface area contributed by atoms with Crippen LogP contribution in [0.25, 0.3) is 10.9 Å². The third-order valence-corrected chi connectivity index (χ3v) is 5.54. The van der Waals surface area contributed by atoms with Crippen LogP contribution in [0.5, 0.6) is 0 Å².